The SMILES string of the molecule is Nc1cc(Cl)cc2c1CCN2. The monoisotopic (exact) mass is 168 g/mol. The Morgan fingerprint density at radius 1 is 1.45 bits per heavy atom. The van der Waals surface area contributed by atoms with Gasteiger partial charge in [-0.15, -0.1) is 0 Å². The zero-order chi connectivity index (χ0) is 7.84. The average molecular weight is 169 g/mol. The average Bonchev–Trinajstić information content (AvgIpc) is 2.34. The number of rotatable bonds is 0. The summed E-state index contributed by atoms with van der Waals surface area (Å²) in [5.74, 6) is 0. The van der Waals surface area contributed by atoms with Crippen molar-refractivity contribution in [2.24, 2.45) is 0 Å². The summed E-state index contributed by atoms with van der Waals surface area (Å²) in [6.07, 6.45) is 1.01. The van der Waals surface area contributed by atoms with Gasteiger partial charge in [0.2, 0.25) is 0 Å². The van der Waals surface area contributed by atoms with Crippen LogP contribution in [0, 0.1) is 0 Å². The molecule has 11 heavy (non-hydrogen) atoms. The topological polar surface area (TPSA) is 38.0 Å². The second-order valence-electron chi connectivity index (χ2n) is 2.70. The Balaban J connectivity index is 2.60. The van der Waals surface area contributed by atoms with Gasteiger partial charge in [-0.25, -0.2) is 0 Å². The fraction of sp³-hybridized carbons (Fsp3) is 0.250. The zero-order valence-corrected chi connectivity index (χ0v) is 6.78. The summed E-state index contributed by atoms with van der Waals surface area (Å²) in [5, 5.41) is 3.92. The van der Waals surface area contributed by atoms with Crippen molar-refractivity contribution in [2.75, 3.05) is 17.6 Å². The summed E-state index contributed by atoms with van der Waals surface area (Å²) in [4.78, 5) is 0. The van der Waals surface area contributed by atoms with Crippen LogP contribution in [0.3, 0.4) is 0 Å². The minimum atomic E-state index is 0.704. The Morgan fingerprint density at radius 3 is 3.09 bits per heavy atom. The van der Waals surface area contributed by atoms with Gasteiger partial charge in [0, 0.05) is 28.5 Å². The molecule has 0 atom stereocenters. The first-order valence-electron chi connectivity index (χ1n) is 3.59. The van der Waals surface area contributed by atoms with E-state index in [0.29, 0.717) is 5.02 Å². The number of hydrogen-bond donors (Lipinski definition) is 2. The first-order chi connectivity index (χ1) is 5.27. The molecule has 1 aliphatic heterocycles. The number of benzene rings is 1. The summed E-state index contributed by atoms with van der Waals surface area (Å²) in [6.45, 7) is 0.972. The van der Waals surface area contributed by atoms with Gasteiger partial charge in [0.25, 0.3) is 0 Å². The van der Waals surface area contributed by atoms with Crippen LogP contribution in [-0.2, 0) is 6.42 Å². The third-order valence-corrected chi connectivity index (χ3v) is 2.16. The van der Waals surface area contributed by atoms with Crippen LogP contribution in [0.25, 0.3) is 0 Å². The molecule has 1 aromatic rings. The highest BCUT2D eigenvalue weighted by molar-refractivity contribution is 6.31. The number of nitrogen functional groups attached to an aromatic ring is 1. The minimum absolute atomic E-state index is 0.704. The number of hydrogen-bond acceptors (Lipinski definition) is 2. The molecule has 2 rings (SSSR count). The van der Waals surface area contributed by atoms with Crippen LogP contribution in [0.5, 0.6) is 0 Å². The third kappa shape index (κ3) is 1.03. The van der Waals surface area contributed by atoms with Crippen molar-refractivity contribution < 1.29 is 0 Å². The van der Waals surface area contributed by atoms with Crippen LogP contribution in [-0.4, -0.2) is 6.54 Å². The first-order valence-corrected chi connectivity index (χ1v) is 3.97. The maximum Gasteiger partial charge on any atom is 0.0447 e. The lowest BCUT2D eigenvalue weighted by Crippen LogP contribution is -1.90. The molecule has 0 aromatic heterocycles. The van der Waals surface area contributed by atoms with E-state index in [2.05, 4.69) is 5.32 Å². The van der Waals surface area contributed by atoms with Crippen LogP contribution in [0.4, 0.5) is 11.4 Å². The molecule has 3 heteroatoms. The standard InChI is InChI=1S/C8H9ClN2/c9-5-3-7(10)6-1-2-11-8(6)4-5/h3-4,11H,1-2,10H2. The van der Waals surface area contributed by atoms with Gasteiger partial charge >= 0.3 is 0 Å². The summed E-state index contributed by atoms with van der Waals surface area (Å²) < 4.78 is 0. The van der Waals surface area contributed by atoms with E-state index in [-0.39, 0.29) is 0 Å². The van der Waals surface area contributed by atoms with E-state index in [1.165, 1.54) is 5.56 Å². The molecule has 0 fully saturated rings. The predicted molar refractivity (Wildman–Crippen MR) is 48.1 cm³/mol. The van der Waals surface area contributed by atoms with Crippen LogP contribution in [0.15, 0.2) is 12.1 Å². The minimum Gasteiger partial charge on any atom is -0.398 e. The van der Waals surface area contributed by atoms with Crippen LogP contribution >= 0.6 is 11.6 Å². The number of fused-ring (bicyclic) bond motifs is 1. The summed E-state index contributed by atoms with van der Waals surface area (Å²) in [5.41, 5.74) is 8.85. The summed E-state index contributed by atoms with van der Waals surface area (Å²) in [7, 11) is 0. The molecule has 58 valence electrons. The van der Waals surface area contributed by atoms with Crippen LogP contribution < -0.4 is 11.1 Å². The van der Waals surface area contributed by atoms with E-state index in [1.54, 1.807) is 6.07 Å². The Bertz CT molecular complexity index is 296. The van der Waals surface area contributed by atoms with E-state index in [0.717, 1.165) is 24.3 Å². The van der Waals surface area contributed by atoms with Gasteiger partial charge in [-0.1, -0.05) is 11.6 Å². The zero-order valence-electron chi connectivity index (χ0n) is 6.02. The molecule has 2 nitrogen and oxygen atoms in total. The van der Waals surface area contributed by atoms with Gasteiger partial charge < -0.3 is 11.1 Å². The van der Waals surface area contributed by atoms with Crippen LogP contribution in [0.1, 0.15) is 5.56 Å². The Kier molecular flexibility index (Phi) is 1.43. The Hall–Kier alpha value is -0.890. The van der Waals surface area contributed by atoms with Gasteiger partial charge in [0.05, 0.1) is 0 Å². The van der Waals surface area contributed by atoms with Gasteiger partial charge in [0.1, 0.15) is 0 Å². The van der Waals surface area contributed by atoms with Crippen molar-refractivity contribution in [2.45, 2.75) is 6.42 Å². The maximum atomic E-state index is 5.81. The molecule has 1 aromatic carbocycles. The van der Waals surface area contributed by atoms with E-state index in [9.17, 15) is 0 Å². The van der Waals surface area contributed by atoms with Crippen molar-refractivity contribution in [1.29, 1.82) is 0 Å². The fourth-order valence-electron chi connectivity index (χ4n) is 1.42. The van der Waals surface area contributed by atoms with Crippen molar-refractivity contribution >= 4 is 23.0 Å². The lowest BCUT2D eigenvalue weighted by molar-refractivity contribution is 1.11. The summed E-state index contributed by atoms with van der Waals surface area (Å²) in [6, 6.07) is 3.72. The van der Waals surface area contributed by atoms with Crippen molar-refractivity contribution in [3.05, 3.63) is 22.7 Å². The van der Waals surface area contributed by atoms with Gasteiger partial charge in [-0.3, -0.25) is 0 Å². The second-order valence-corrected chi connectivity index (χ2v) is 3.13. The predicted octanol–water partition coefficient (Wildman–Crippen LogP) is 1.89. The van der Waals surface area contributed by atoms with Gasteiger partial charge in [0.15, 0.2) is 0 Å². The lowest BCUT2D eigenvalue weighted by Gasteiger charge is -2.03. The highest BCUT2D eigenvalue weighted by Crippen LogP contribution is 2.30. The normalized spacial score (nSPS) is 14.3. The molecule has 0 saturated carbocycles. The van der Waals surface area contributed by atoms with E-state index in [4.69, 9.17) is 17.3 Å². The number of halogens is 1. The molecule has 0 radical (unpaired) electrons. The molecule has 0 spiro atoms. The molecule has 0 amide bonds. The van der Waals surface area contributed by atoms with Gasteiger partial charge in [-0.05, 0) is 18.6 Å². The third-order valence-electron chi connectivity index (χ3n) is 1.94. The second kappa shape index (κ2) is 2.31. The highest BCUT2D eigenvalue weighted by atomic mass is 35.5. The lowest BCUT2D eigenvalue weighted by atomic mass is 10.1. The smallest absolute Gasteiger partial charge is 0.0447 e. The molecule has 0 saturated heterocycles. The number of nitrogens with two attached hydrogens (primary N) is 1. The molecular formula is C8H9ClN2. The maximum absolute atomic E-state index is 5.81. The molecule has 0 bridgehead atoms. The Morgan fingerprint density at radius 2 is 2.27 bits per heavy atom. The molecule has 1 heterocycles. The summed E-state index contributed by atoms with van der Waals surface area (Å²) >= 11 is 5.81. The van der Waals surface area contributed by atoms with E-state index in [1.807, 2.05) is 6.07 Å². The van der Waals surface area contributed by atoms with Crippen LogP contribution in [0.2, 0.25) is 5.02 Å². The quantitative estimate of drug-likeness (QED) is 0.581. The fourth-order valence-corrected chi connectivity index (χ4v) is 1.64. The number of anilines is 2. The van der Waals surface area contributed by atoms with E-state index < -0.39 is 0 Å². The molecule has 0 unspecified atom stereocenters. The molecule has 1 aliphatic rings. The number of nitrogens with one attached hydrogen (secondary N) is 1. The van der Waals surface area contributed by atoms with Crippen molar-refractivity contribution in [1.82, 2.24) is 0 Å². The molecule has 0 aliphatic carbocycles. The van der Waals surface area contributed by atoms with Crippen molar-refractivity contribution in [3.63, 3.8) is 0 Å². The van der Waals surface area contributed by atoms with Gasteiger partial charge in [-0.2, -0.15) is 0 Å². The van der Waals surface area contributed by atoms with Crippen molar-refractivity contribution in [3.8, 4) is 0 Å². The largest absolute Gasteiger partial charge is 0.398 e. The van der Waals surface area contributed by atoms with E-state index >= 15 is 0 Å². The molecular weight excluding hydrogens is 160 g/mol. The first kappa shape index (κ1) is 6.80. The highest BCUT2D eigenvalue weighted by Gasteiger charge is 2.12. The Labute approximate surface area is 70.3 Å². The molecule has 3 N–H and O–H groups in total.